The number of rotatable bonds is 4. The standard InChI is InChI=1S/C11H13FO5/c1-3-17-11(15)8(13)6-4-5-7(12)9(14)10(6)16-2/h4-5,8,13-14H,3H2,1-2H3. The van der Waals surface area contributed by atoms with Crippen molar-refractivity contribution in [3.8, 4) is 11.5 Å². The van der Waals surface area contributed by atoms with E-state index in [-0.39, 0.29) is 17.9 Å². The highest BCUT2D eigenvalue weighted by atomic mass is 19.1. The summed E-state index contributed by atoms with van der Waals surface area (Å²) in [5.74, 6) is -2.84. The molecule has 0 saturated carbocycles. The molecule has 17 heavy (non-hydrogen) atoms. The van der Waals surface area contributed by atoms with Gasteiger partial charge in [-0.05, 0) is 19.1 Å². The maximum Gasteiger partial charge on any atom is 0.339 e. The third kappa shape index (κ3) is 2.65. The molecule has 0 radical (unpaired) electrons. The smallest absolute Gasteiger partial charge is 0.339 e. The first-order valence-electron chi connectivity index (χ1n) is 4.93. The highest BCUT2D eigenvalue weighted by Crippen LogP contribution is 2.36. The van der Waals surface area contributed by atoms with Gasteiger partial charge in [0, 0.05) is 5.56 Å². The minimum atomic E-state index is -1.63. The highest BCUT2D eigenvalue weighted by Gasteiger charge is 2.25. The number of aliphatic hydroxyl groups excluding tert-OH is 1. The van der Waals surface area contributed by atoms with Crippen molar-refractivity contribution in [3.05, 3.63) is 23.5 Å². The number of carbonyl (C=O) groups excluding carboxylic acids is 1. The van der Waals surface area contributed by atoms with Gasteiger partial charge in [0.25, 0.3) is 0 Å². The molecule has 0 fully saturated rings. The predicted octanol–water partition coefficient (Wildman–Crippen LogP) is 1.14. The number of carbonyl (C=O) groups is 1. The Hall–Kier alpha value is -1.82. The Morgan fingerprint density at radius 2 is 2.18 bits per heavy atom. The van der Waals surface area contributed by atoms with Gasteiger partial charge in [0.15, 0.2) is 23.4 Å². The topological polar surface area (TPSA) is 76.0 Å². The van der Waals surface area contributed by atoms with Gasteiger partial charge in [-0.15, -0.1) is 0 Å². The van der Waals surface area contributed by atoms with Crippen LogP contribution in [0.5, 0.6) is 11.5 Å². The van der Waals surface area contributed by atoms with Crippen LogP contribution in [-0.2, 0) is 9.53 Å². The molecule has 0 amide bonds. The molecule has 0 aliphatic rings. The van der Waals surface area contributed by atoms with Crippen molar-refractivity contribution < 1.29 is 28.9 Å². The number of ether oxygens (including phenoxy) is 2. The van der Waals surface area contributed by atoms with Crippen LogP contribution in [0.3, 0.4) is 0 Å². The first-order chi connectivity index (χ1) is 8.02. The first-order valence-corrected chi connectivity index (χ1v) is 4.93. The number of benzene rings is 1. The summed E-state index contributed by atoms with van der Waals surface area (Å²) < 4.78 is 22.4. The van der Waals surface area contributed by atoms with Crippen molar-refractivity contribution in [1.29, 1.82) is 0 Å². The number of methoxy groups -OCH3 is 1. The van der Waals surface area contributed by atoms with Gasteiger partial charge >= 0.3 is 5.97 Å². The summed E-state index contributed by atoms with van der Waals surface area (Å²) in [7, 11) is 1.19. The summed E-state index contributed by atoms with van der Waals surface area (Å²) in [6, 6.07) is 2.07. The second kappa shape index (κ2) is 5.49. The monoisotopic (exact) mass is 244 g/mol. The number of halogens is 1. The second-order valence-corrected chi connectivity index (χ2v) is 3.17. The highest BCUT2D eigenvalue weighted by molar-refractivity contribution is 5.77. The maximum atomic E-state index is 13.0. The van der Waals surface area contributed by atoms with E-state index in [9.17, 15) is 19.4 Å². The van der Waals surface area contributed by atoms with Crippen LogP contribution in [0.1, 0.15) is 18.6 Å². The lowest BCUT2D eigenvalue weighted by molar-refractivity contribution is -0.153. The number of phenols is 1. The molecule has 0 spiro atoms. The molecule has 6 heteroatoms. The van der Waals surface area contributed by atoms with Crippen molar-refractivity contribution in [2.75, 3.05) is 13.7 Å². The van der Waals surface area contributed by atoms with E-state index in [1.165, 1.54) is 7.11 Å². The minimum Gasteiger partial charge on any atom is -0.502 e. The number of esters is 1. The normalized spacial score (nSPS) is 12.0. The molecule has 0 aromatic heterocycles. The van der Waals surface area contributed by atoms with E-state index in [2.05, 4.69) is 4.74 Å². The summed E-state index contributed by atoms with van der Waals surface area (Å²) in [4.78, 5) is 11.3. The van der Waals surface area contributed by atoms with E-state index in [4.69, 9.17) is 4.74 Å². The SMILES string of the molecule is CCOC(=O)C(O)c1ccc(F)c(O)c1OC. The summed E-state index contributed by atoms with van der Waals surface area (Å²) in [6.07, 6.45) is -1.63. The Kier molecular flexibility index (Phi) is 4.28. The molecule has 0 aliphatic carbocycles. The third-order valence-electron chi connectivity index (χ3n) is 2.12. The number of aromatic hydroxyl groups is 1. The van der Waals surface area contributed by atoms with Gasteiger partial charge < -0.3 is 19.7 Å². The van der Waals surface area contributed by atoms with Crippen molar-refractivity contribution in [3.63, 3.8) is 0 Å². The molecule has 94 valence electrons. The molecule has 0 heterocycles. The van der Waals surface area contributed by atoms with Gasteiger partial charge in [-0.2, -0.15) is 0 Å². The van der Waals surface area contributed by atoms with Crippen LogP contribution in [0.2, 0.25) is 0 Å². The molecule has 0 bridgehead atoms. The Morgan fingerprint density at radius 3 is 2.71 bits per heavy atom. The van der Waals surface area contributed by atoms with E-state index in [1.807, 2.05) is 0 Å². The van der Waals surface area contributed by atoms with Crippen LogP contribution in [0.4, 0.5) is 4.39 Å². The van der Waals surface area contributed by atoms with Crippen molar-refractivity contribution in [2.24, 2.45) is 0 Å². The van der Waals surface area contributed by atoms with Gasteiger partial charge in [0.05, 0.1) is 13.7 Å². The maximum absolute atomic E-state index is 13.0. The third-order valence-corrected chi connectivity index (χ3v) is 2.12. The Balaban J connectivity index is 3.13. The van der Waals surface area contributed by atoms with Gasteiger partial charge in [-0.3, -0.25) is 0 Å². The van der Waals surface area contributed by atoms with E-state index >= 15 is 0 Å². The lowest BCUT2D eigenvalue weighted by atomic mass is 10.1. The molecule has 1 unspecified atom stereocenters. The van der Waals surface area contributed by atoms with Gasteiger partial charge in [0.2, 0.25) is 0 Å². The average Bonchev–Trinajstić information content (AvgIpc) is 2.31. The van der Waals surface area contributed by atoms with Crippen LogP contribution < -0.4 is 4.74 Å². The Labute approximate surface area is 97.4 Å². The molecule has 2 N–H and O–H groups in total. The molecule has 1 aromatic carbocycles. The molecule has 1 aromatic rings. The second-order valence-electron chi connectivity index (χ2n) is 3.17. The minimum absolute atomic E-state index is 0.0511. The predicted molar refractivity (Wildman–Crippen MR) is 56.2 cm³/mol. The van der Waals surface area contributed by atoms with Gasteiger partial charge in [-0.25, -0.2) is 9.18 Å². The lowest BCUT2D eigenvalue weighted by Gasteiger charge is -2.14. The molecule has 0 saturated heterocycles. The summed E-state index contributed by atoms with van der Waals surface area (Å²) >= 11 is 0. The average molecular weight is 244 g/mol. The van der Waals surface area contributed by atoms with Crippen LogP contribution in [0.15, 0.2) is 12.1 Å². The van der Waals surface area contributed by atoms with Crippen molar-refractivity contribution in [2.45, 2.75) is 13.0 Å². The zero-order valence-electron chi connectivity index (χ0n) is 9.44. The van der Waals surface area contributed by atoms with Crippen LogP contribution in [-0.4, -0.2) is 29.9 Å². The number of phenolic OH excluding ortho intramolecular Hbond substituents is 1. The molecule has 0 aliphatic heterocycles. The quantitative estimate of drug-likeness (QED) is 0.777. The van der Waals surface area contributed by atoms with Crippen molar-refractivity contribution >= 4 is 5.97 Å². The summed E-state index contributed by atoms with van der Waals surface area (Å²) in [5, 5.41) is 19.0. The van der Waals surface area contributed by atoms with E-state index < -0.39 is 23.6 Å². The van der Waals surface area contributed by atoms with Crippen LogP contribution in [0, 0.1) is 5.82 Å². The molecular formula is C11H13FO5. The number of aliphatic hydroxyl groups is 1. The number of hydrogen-bond acceptors (Lipinski definition) is 5. The summed E-state index contributed by atoms with van der Waals surface area (Å²) in [6.45, 7) is 1.69. The molecule has 1 rings (SSSR count). The van der Waals surface area contributed by atoms with Gasteiger partial charge in [0.1, 0.15) is 0 Å². The zero-order chi connectivity index (χ0) is 13.0. The number of hydrogen-bond donors (Lipinski definition) is 2. The lowest BCUT2D eigenvalue weighted by Crippen LogP contribution is -2.16. The molecule has 1 atom stereocenters. The van der Waals surface area contributed by atoms with Crippen molar-refractivity contribution in [1.82, 2.24) is 0 Å². The Morgan fingerprint density at radius 1 is 1.53 bits per heavy atom. The van der Waals surface area contributed by atoms with E-state index in [0.29, 0.717) is 0 Å². The largest absolute Gasteiger partial charge is 0.502 e. The summed E-state index contributed by atoms with van der Waals surface area (Å²) in [5.41, 5.74) is -0.0511. The fourth-order valence-electron chi connectivity index (χ4n) is 1.34. The fraction of sp³-hybridized carbons (Fsp3) is 0.364. The van der Waals surface area contributed by atoms with Gasteiger partial charge in [-0.1, -0.05) is 0 Å². The fourth-order valence-corrected chi connectivity index (χ4v) is 1.34. The van der Waals surface area contributed by atoms with Crippen LogP contribution in [0.25, 0.3) is 0 Å². The first kappa shape index (κ1) is 13.2. The molecule has 5 nitrogen and oxygen atoms in total. The van der Waals surface area contributed by atoms with E-state index in [1.54, 1.807) is 6.92 Å². The molecular weight excluding hydrogens is 231 g/mol. The zero-order valence-corrected chi connectivity index (χ0v) is 9.44. The van der Waals surface area contributed by atoms with Crippen LogP contribution >= 0.6 is 0 Å². The van der Waals surface area contributed by atoms with E-state index in [0.717, 1.165) is 12.1 Å². The Bertz CT molecular complexity index is 419.